The van der Waals surface area contributed by atoms with E-state index in [1.54, 1.807) is 11.3 Å². The maximum Gasteiger partial charge on any atom is 0.164 e. The first kappa shape index (κ1) is 15.4. The summed E-state index contributed by atoms with van der Waals surface area (Å²) in [6, 6.07) is 10.0. The number of nitrogens with zero attached hydrogens (tertiary/aromatic N) is 2. The Morgan fingerprint density at radius 3 is 2.77 bits per heavy atom. The van der Waals surface area contributed by atoms with Gasteiger partial charge in [0.15, 0.2) is 5.78 Å². The SMILES string of the molecule is Cc1nc(C)c(CN2CCC[C@H]2CC(=O)c2ccccc2)s1. The van der Waals surface area contributed by atoms with Crippen LogP contribution >= 0.6 is 11.3 Å². The van der Waals surface area contributed by atoms with Crippen LogP contribution in [-0.4, -0.2) is 28.3 Å². The van der Waals surface area contributed by atoms with E-state index in [9.17, 15) is 4.79 Å². The van der Waals surface area contributed by atoms with Crippen LogP contribution in [0.3, 0.4) is 0 Å². The molecule has 2 heterocycles. The van der Waals surface area contributed by atoms with Crippen molar-refractivity contribution in [1.29, 1.82) is 0 Å². The number of ketones is 1. The number of hydrogen-bond acceptors (Lipinski definition) is 4. The highest BCUT2D eigenvalue weighted by atomic mass is 32.1. The van der Waals surface area contributed by atoms with Crippen LogP contribution in [0.4, 0.5) is 0 Å². The largest absolute Gasteiger partial charge is 0.295 e. The lowest BCUT2D eigenvalue weighted by Gasteiger charge is -2.23. The molecule has 0 radical (unpaired) electrons. The fourth-order valence-electron chi connectivity index (χ4n) is 3.20. The van der Waals surface area contributed by atoms with Crippen LogP contribution in [0, 0.1) is 13.8 Å². The lowest BCUT2D eigenvalue weighted by Crippen LogP contribution is -2.30. The average Bonchev–Trinajstić information content (AvgIpc) is 3.07. The summed E-state index contributed by atoms with van der Waals surface area (Å²) in [5.74, 6) is 0.259. The average molecular weight is 314 g/mol. The Labute approximate surface area is 136 Å². The summed E-state index contributed by atoms with van der Waals surface area (Å²) in [6.07, 6.45) is 2.93. The fourth-order valence-corrected chi connectivity index (χ4v) is 4.16. The summed E-state index contributed by atoms with van der Waals surface area (Å²) >= 11 is 1.78. The van der Waals surface area contributed by atoms with E-state index in [2.05, 4.69) is 23.7 Å². The molecule has 1 atom stereocenters. The van der Waals surface area contributed by atoms with Crippen molar-refractivity contribution >= 4 is 17.1 Å². The maximum absolute atomic E-state index is 12.4. The standard InChI is InChI=1S/C18H22N2OS/c1-13-18(22-14(2)19-13)12-20-10-6-9-16(20)11-17(21)15-7-4-3-5-8-15/h3-5,7-8,16H,6,9-12H2,1-2H3/t16-/m0/s1. The van der Waals surface area contributed by atoms with E-state index in [1.165, 1.54) is 11.3 Å². The molecule has 1 aromatic heterocycles. The van der Waals surface area contributed by atoms with Crippen LogP contribution in [0.25, 0.3) is 0 Å². The number of thiazole rings is 1. The van der Waals surface area contributed by atoms with Crippen LogP contribution in [-0.2, 0) is 6.54 Å². The van der Waals surface area contributed by atoms with Gasteiger partial charge >= 0.3 is 0 Å². The number of hydrogen-bond donors (Lipinski definition) is 0. The summed E-state index contributed by atoms with van der Waals surface area (Å²) in [5, 5.41) is 1.13. The topological polar surface area (TPSA) is 33.2 Å². The van der Waals surface area contributed by atoms with Crippen molar-refractivity contribution in [3.63, 3.8) is 0 Å². The number of aryl methyl sites for hydroxylation is 2. The molecular weight excluding hydrogens is 292 g/mol. The first-order valence-electron chi connectivity index (χ1n) is 7.88. The molecule has 3 nitrogen and oxygen atoms in total. The molecule has 116 valence electrons. The lowest BCUT2D eigenvalue weighted by atomic mass is 10.0. The molecule has 1 saturated heterocycles. The molecule has 0 spiro atoms. The Morgan fingerprint density at radius 1 is 1.32 bits per heavy atom. The van der Waals surface area contributed by atoms with E-state index >= 15 is 0 Å². The summed E-state index contributed by atoms with van der Waals surface area (Å²) < 4.78 is 0. The summed E-state index contributed by atoms with van der Waals surface area (Å²) in [6.45, 7) is 6.16. The fraction of sp³-hybridized carbons (Fsp3) is 0.444. The molecular formula is C18H22N2OS. The Kier molecular flexibility index (Phi) is 4.69. The summed E-state index contributed by atoms with van der Waals surface area (Å²) in [7, 11) is 0. The van der Waals surface area contributed by atoms with Gasteiger partial charge in [0.05, 0.1) is 10.7 Å². The first-order valence-corrected chi connectivity index (χ1v) is 8.70. The van der Waals surface area contributed by atoms with Crippen LogP contribution in [0.5, 0.6) is 0 Å². The Hall–Kier alpha value is -1.52. The number of benzene rings is 1. The van der Waals surface area contributed by atoms with Crippen LogP contribution < -0.4 is 0 Å². The third-order valence-corrected chi connectivity index (χ3v) is 5.42. The molecule has 0 N–H and O–H groups in total. The predicted molar refractivity (Wildman–Crippen MR) is 90.4 cm³/mol. The quantitative estimate of drug-likeness (QED) is 0.782. The Morgan fingerprint density at radius 2 is 2.09 bits per heavy atom. The van der Waals surface area contributed by atoms with Gasteiger partial charge in [-0.05, 0) is 33.2 Å². The van der Waals surface area contributed by atoms with Crippen molar-refractivity contribution in [3.05, 3.63) is 51.5 Å². The molecule has 0 amide bonds. The second-order valence-corrected chi connectivity index (χ2v) is 7.29. The van der Waals surface area contributed by atoms with Crippen LogP contribution in [0.15, 0.2) is 30.3 Å². The number of Topliss-reactive ketones (excluding diaryl/α,β-unsaturated/α-hetero) is 1. The van der Waals surface area contributed by atoms with Gasteiger partial charge in [0.25, 0.3) is 0 Å². The number of likely N-dealkylation sites (tertiary alicyclic amines) is 1. The minimum Gasteiger partial charge on any atom is -0.295 e. The van der Waals surface area contributed by atoms with Gasteiger partial charge in [-0.15, -0.1) is 11.3 Å². The van der Waals surface area contributed by atoms with Gasteiger partial charge < -0.3 is 0 Å². The van der Waals surface area contributed by atoms with E-state index in [1.807, 2.05) is 30.3 Å². The highest BCUT2D eigenvalue weighted by Gasteiger charge is 2.27. The highest BCUT2D eigenvalue weighted by molar-refractivity contribution is 7.11. The third-order valence-electron chi connectivity index (χ3n) is 4.36. The van der Waals surface area contributed by atoms with Gasteiger partial charge in [-0.2, -0.15) is 0 Å². The highest BCUT2D eigenvalue weighted by Crippen LogP contribution is 2.27. The maximum atomic E-state index is 12.4. The molecule has 1 aromatic carbocycles. The van der Waals surface area contributed by atoms with Crippen molar-refractivity contribution in [2.24, 2.45) is 0 Å². The molecule has 0 saturated carbocycles. The van der Waals surface area contributed by atoms with Gasteiger partial charge in [0, 0.05) is 29.4 Å². The third kappa shape index (κ3) is 3.45. The van der Waals surface area contributed by atoms with E-state index in [-0.39, 0.29) is 5.78 Å². The molecule has 2 aromatic rings. The van der Waals surface area contributed by atoms with Gasteiger partial charge in [0.1, 0.15) is 0 Å². The minimum absolute atomic E-state index is 0.259. The first-order chi connectivity index (χ1) is 10.6. The zero-order valence-corrected chi connectivity index (χ0v) is 14.0. The van der Waals surface area contributed by atoms with Crippen LogP contribution in [0.1, 0.15) is 45.2 Å². The number of carbonyl (C=O) groups excluding carboxylic acids is 1. The number of carbonyl (C=O) groups is 1. The van der Waals surface area contributed by atoms with Gasteiger partial charge in [-0.3, -0.25) is 9.69 Å². The van der Waals surface area contributed by atoms with Gasteiger partial charge in [-0.25, -0.2) is 4.98 Å². The van der Waals surface area contributed by atoms with Crippen molar-refractivity contribution in [2.45, 2.75) is 45.7 Å². The van der Waals surface area contributed by atoms with E-state index in [4.69, 9.17) is 0 Å². The molecule has 4 heteroatoms. The summed E-state index contributed by atoms with van der Waals surface area (Å²) in [5.41, 5.74) is 1.97. The van der Waals surface area contributed by atoms with Gasteiger partial charge in [0.2, 0.25) is 0 Å². The molecule has 0 bridgehead atoms. The number of aromatic nitrogens is 1. The minimum atomic E-state index is 0.259. The van der Waals surface area contributed by atoms with Crippen molar-refractivity contribution in [3.8, 4) is 0 Å². The monoisotopic (exact) mass is 314 g/mol. The normalized spacial score (nSPS) is 18.7. The second-order valence-electron chi connectivity index (χ2n) is 6.00. The molecule has 22 heavy (non-hydrogen) atoms. The molecule has 3 rings (SSSR count). The number of rotatable bonds is 5. The zero-order valence-electron chi connectivity index (χ0n) is 13.2. The van der Waals surface area contributed by atoms with E-state index in [0.29, 0.717) is 12.5 Å². The molecule has 0 unspecified atom stereocenters. The molecule has 1 aliphatic heterocycles. The summed E-state index contributed by atoms with van der Waals surface area (Å²) in [4.78, 5) is 20.7. The molecule has 0 aliphatic carbocycles. The smallest absolute Gasteiger partial charge is 0.164 e. The Bertz CT molecular complexity index is 650. The second kappa shape index (κ2) is 6.71. The molecule has 1 fully saturated rings. The van der Waals surface area contributed by atoms with E-state index < -0.39 is 0 Å². The predicted octanol–water partition coefficient (Wildman–Crippen LogP) is 4.00. The Balaban J connectivity index is 1.66. The van der Waals surface area contributed by atoms with Crippen molar-refractivity contribution < 1.29 is 4.79 Å². The molecule has 1 aliphatic rings. The lowest BCUT2D eigenvalue weighted by molar-refractivity contribution is 0.0939. The van der Waals surface area contributed by atoms with Crippen molar-refractivity contribution in [2.75, 3.05) is 6.54 Å². The van der Waals surface area contributed by atoms with Gasteiger partial charge in [-0.1, -0.05) is 30.3 Å². The van der Waals surface area contributed by atoms with E-state index in [0.717, 1.165) is 35.8 Å². The zero-order chi connectivity index (χ0) is 15.5. The van der Waals surface area contributed by atoms with Crippen LogP contribution in [0.2, 0.25) is 0 Å². The van der Waals surface area contributed by atoms with Crippen molar-refractivity contribution in [1.82, 2.24) is 9.88 Å².